The predicted octanol–water partition coefficient (Wildman–Crippen LogP) is 3.86. The molecule has 0 radical (unpaired) electrons. The molecule has 0 saturated heterocycles. The van der Waals surface area contributed by atoms with Crippen LogP contribution in [0.4, 0.5) is 0 Å². The van der Waals surface area contributed by atoms with Crippen molar-refractivity contribution in [2.24, 2.45) is 0 Å². The van der Waals surface area contributed by atoms with Crippen LogP contribution >= 0.6 is 12.4 Å². The second-order valence-electron chi connectivity index (χ2n) is 5.21. The van der Waals surface area contributed by atoms with Crippen molar-refractivity contribution in [1.29, 1.82) is 0 Å². The number of hydrogen-bond acceptors (Lipinski definition) is 3. The maximum Gasteiger partial charge on any atom is 0.213 e. The first-order valence-electron chi connectivity index (χ1n) is 7.62. The first-order valence-corrected chi connectivity index (χ1v) is 7.62. The summed E-state index contributed by atoms with van der Waals surface area (Å²) in [7, 11) is 0. The van der Waals surface area contributed by atoms with Crippen molar-refractivity contribution in [2.45, 2.75) is 51.5 Å². The van der Waals surface area contributed by atoms with Gasteiger partial charge < -0.3 is 5.32 Å². The lowest BCUT2D eigenvalue weighted by Crippen LogP contribution is -2.23. The molecule has 4 nitrogen and oxygen atoms in total. The van der Waals surface area contributed by atoms with E-state index in [1.165, 1.54) is 5.56 Å². The molecule has 120 valence electrons. The summed E-state index contributed by atoms with van der Waals surface area (Å²) in [6.07, 6.45) is 5.27. The number of nitrogens with zero attached hydrogens (tertiary/aromatic N) is 1. The van der Waals surface area contributed by atoms with E-state index >= 15 is 0 Å². The zero-order valence-corrected chi connectivity index (χ0v) is 13.6. The molecule has 0 spiro atoms. The number of rotatable bonds is 11. The van der Waals surface area contributed by atoms with E-state index < -0.39 is 0 Å². The highest BCUT2D eigenvalue weighted by molar-refractivity contribution is 5.85. The van der Waals surface area contributed by atoms with E-state index in [0.717, 1.165) is 38.8 Å². The van der Waals surface area contributed by atoms with Crippen molar-refractivity contribution in [2.75, 3.05) is 13.1 Å². The molecule has 21 heavy (non-hydrogen) atoms. The van der Waals surface area contributed by atoms with Gasteiger partial charge in [0.1, 0.15) is 0 Å². The fourth-order valence-electron chi connectivity index (χ4n) is 2.26. The fraction of sp³-hybridized carbons (Fsp3) is 0.625. The first kappa shape index (κ1) is 19.9. The maximum atomic E-state index is 10.9. The van der Waals surface area contributed by atoms with Crippen LogP contribution in [0, 0.1) is 10.1 Å². The number of hydrogen-bond donors (Lipinski definition) is 1. The van der Waals surface area contributed by atoms with E-state index in [1.54, 1.807) is 0 Å². The highest BCUT2D eigenvalue weighted by Crippen LogP contribution is 2.09. The van der Waals surface area contributed by atoms with Crippen molar-refractivity contribution >= 4 is 12.4 Å². The summed E-state index contributed by atoms with van der Waals surface area (Å²) in [6, 6.07) is 10.00. The Balaban J connectivity index is 0.00000400. The third-order valence-corrected chi connectivity index (χ3v) is 3.51. The molecule has 0 fully saturated rings. The summed E-state index contributed by atoms with van der Waals surface area (Å²) >= 11 is 0. The van der Waals surface area contributed by atoms with E-state index in [0.29, 0.717) is 12.8 Å². The number of unbranched alkanes of at least 4 members (excludes halogenated alkanes) is 1. The van der Waals surface area contributed by atoms with Crippen LogP contribution in [0.25, 0.3) is 0 Å². The molecule has 1 rings (SSSR count). The molecule has 0 aliphatic heterocycles. The van der Waals surface area contributed by atoms with Crippen LogP contribution in [0.15, 0.2) is 30.3 Å². The molecular formula is C16H27ClN2O2. The highest BCUT2D eigenvalue weighted by Gasteiger charge is 2.18. The van der Waals surface area contributed by atoms with Gasteiger partial charge in [-0.1, -0.05) is 43.7 Å². The minimum atomic E-state index is -0.356. The number of nitro groups is 1. The molecule has 0 heterocycles. The lowest BCUT2D eigenvalue weighted by atomic mass is 10.1. The molecule has 5 heteroatoms. The molecule has 0 aliphatic carbocycles. The summed E-state index contributed by atoms with van der Waals surface area (Å²) in [5, 5.41) is 14.3. The van der Waals surface area contributed by atoms with Crippen LogP contribution < -0.4 is 5.32 Å². The Labute approximate surface area is 133 Å². The van der Waals surface area contributed by atoms with Gasteiger partial charge in [-0.2, -0.15) is 0 Å². The van der Waals surface area contributed by atoms with Crippen LogP contribution in [0.1, 0.15) is 44.6 Å². The van der Waals surface area contributed by atoms with E-state index in [-0.39, 0.29) is 23.4 Å². The van der Waals surface area contributed by atoms with Gasteiger partial charge in [0.05, 0.1) is 0 Å². The summed E-state index contributed by atoms with van der Waals surface area (Å²) in [4.78, 5) is 10.8. The van der Waals surface area contributed by atoms with Crippen LogP contribution in [0.3, 0.4) is 0 Å². The van der Waals surface area contributed by atoms with Gasteiger partial charge in [-0.25, -0.2) is 0 Å². The molecule has 1 N–H and O–H groups in total. The van der Waals surface area contributed by atoms with Gasteiger partial charge in [-0.3, -0.25) is 10.1 Å². The lowest BCUT2D eigenvalue weighted by Gasteiger charge is -2.09. The Bertz CT molecular complexity index is 374. The molecule has 0 aromatic heterocycles. The van der Waals surface area contributed by atoms with Crippen molar-refractivity contribution < 1.29 is 4.92 Å². The van der Waals surface area contributed by atoms with Gasteiger partial charge in [0.15, 0.2) is 0 Å². The quantitative estimate of drug-likeness (QED) is 0.383. The Morgan fingerprint density at radius 3 is 2.43 bits per heavy atom. The van der Waals surface area contributed by atoms with Gasteiger partial charge in [-0.05, 0) is 37.9 Å². The van der Waals surface area contributed by atoms with Gasteiger partial charge in [0, 0.05) is 17.8 Å². The van der Waals surface area contributed by atoms with E-state index in [4.69, 9.17) is 0 Å². The van der Waals surface area contributed by atoms with Gasteiger partial charge in [0.2, 0.25) is 6.04 Å². The predicted molar refractivity (Wildman–Crippen MR) is 89.8 cm³/mol. The third-order valence-electron chi connectivity index (χ3n) is 3.51. The van der Waals surface area contributed by atoms with E-state index in [1.807, 2.05) is 18.2 Å². The zero-order chi connectivity index (χ0) is 14.6. The summed E-state index contributed by atoms with van der Waals surface area (Å²) in [6.45, 7) is 3.87. The molecule has 1 aromatic rings. The average Bonchev–Trinajstić information content (AvgIpc) is 2.46. The van der Waals surface area contributed by atoms with Gasteiger partial charge in [-0.15, -0.1) is 12.4 Å². The van der Waals surface area contributed by atoms with Gasteiger partial charge in [0.25, 0.3) is 0 Å². The molecule has 0 aliphatic rings. The molecule has 0 saturated carbocycles. The van der Waals surface area contributed by atoms with Crippen molar-refractivity contribution in [3.63, 3.8) is 0 Å². The second-order valence-corrected chi connectivity index (χ2v) is 5.21. The van der Waals surface area contributed by atoms with Gasteiger partial charge >= 0.3 is 0 Å². The second kappa shape index (κ2) is 12.6. The Hall–Kier alpha value is -1.13. The number of benzene rings is 1. The van der Waals surface area contributed by atoms with E-state index in [9.17, 15) is 10.1 Å². The SMILES string of the molecule is CCCCC(CCCNCCc1ccccc1)[N+](=O)[O-].Cl. The maximum absolute atomic E-state index is 10.9. The Kier molecular flexibility index (Phi) is 11.9. The summed E-state index contributed by atoms with van der Waals surface area (Å²) in [5.74, 6) is 0. The molecular weight excluding hydrogens is 288 g/mol. The van der Waals surface area contributed by atoms with Crippen LogP contribution in [-0.4, -0.2) is 24.1 Å². The Morgan fingerprint density at radius 1 is 1.14 bits per heavy atom. The summed E-state index contributed by atoms with van der Waals surface area (Å²) in [5.41, 5.74) is 1.33. The molecule has 0 bridgehead atoms. The number of nitrogens with one attached hydrogen (secondary N) is 1. The summed E-state index contributed by atoms with van der Waals surface area (Å²) < 4.78 is 0. The number of halogens is 1. The van der Waals surface area contributed by atoms with E-state index in [2.05, 4.69) is 24.4 Å². The minimum absolute atomic E-state index is 0. The zero-order valence-electron chi connectivity index (χ0n) is 12.8. The lowest BCUT2D eigenvalue weighted by molar-refractivity contribution is -0.524. The average molecular weight is 315 g/mol. The highest BCUT2D eigenvalue weighted by atomic mass is 35.5. The first-order chi connectivity index (χ1) is 9.74. The minimum Gasteiger partial charge on any atom is -0.316 e. The molecule has 1 aromatic carbocycles. The molecule has 1 atom stereocenters. The smallest absolute Gasteiger partial charge is 0.213 e. The third kappa shape index (κ3) is 9.43. The standard InChI is InChI=1S/C16H26N2O2.ClH/c1-2-3-10-16(18(19)20)11-7-13-17-14-12-15-8-5-4-6-9-15;/h4-6,8-9,16-17H,2-3,7,10-14H2,1H3;1H. The van der Waals surface area contributed by atoms with Crippen LogP contribution in [0.5, 0.6) is 0 Å². The fourth-order valence-corrected chi connectivity index (χ4v) is 2.26. The monoisotopic (exact) mass is 314 g/mol. The van der Waals surface area contributed by atoms with Crippen molar-refractivity contribution in [3.8, 4) is 0 Å². The largest absolute Gasteiger partial charge is 0.316 e. The normalized spacial score (nSPS) is 11.7. The van der Waals surface area contributed by atoms with Crippen LogP contribution in [0.2, 0.25) is 0 Å². The molecule has 0 amide bonds. The molecule has 1 unspecified atom stereocenters. The van der Waals surface area contributed by atoms with Crippen molar-refractivity contribution in [1.82, 2.24) is 5.32 Å². The van der Waals surface area contributed by atoms with Crippen LogP contribution in [-0.2, 0) is 6.42 Å². The van der Waals surface area contributed by atoms with Crippen molar-refractivity contribution in [3.05, 3.63) is 46.0 Å². The Morgan fingerprint density at radius 2 is 1.81 bits per heavy atom. The topological polar surface area (TPSA) is 55.2 Å².